The molecule has 142 valence electrons. The molecule has 4 nitrogen and oxygen atoms in total. The van der Waals surface area contributed by atoms with Gasteiger partial charge in [-0.1, -0.05) is 29.3 Å². The van der Waals surface area contributed by atoms with Crippen LogP contribution in [-0.4, -0.2) is 10.9 Å². The highest BCUT2D eigenvalue weighted by atomic mass is 16.1. The average molecular weight is 371 g/mol. The van der Waals surface area contributed by atoms with E-state index >= 15 is 0 Å². The second kappa shape index (κ2) is 7.47. The number of nitrogens with zero attached hydrogens (tertiary/aromatic N) is 1. The van der Waals surface area contributed by atoms with Gasteiger partial charge >= 0.3 is 0 Å². The molecule has 0 aliphatic heterocycles. The minimum Gasteiger partial charge on any atom is -0.369 e. The average Bonchev–Trinajstić information content (AvgIpc) is 3.11. The Hall–Kier alpha value is -3.14. The lowest BCUT2D eigenvalue weighted by atomic mass is 10.0. The van der Waals surface area contributed by atoms with Crippen molar-refractivity contribution in [1.82, 2.24) is 4.98 Å². The number of primary amides is 1. The van der Waals surface area contributed by atoms with Crippen molar-refractivity contribution in [2.75, 3.05) is 5.32 Å². The zero-order valence-corrected chi connectivity index (χ0v) is 16.4. The molecule has 1 aliphatic rings. The summed E-state index contributed by atoms with van der Waals surface area (Å²) in [6.45, 7) is 4.24. The number of rotatable bonds is 5. The molecule has 4 rings (SSSR count). The normalized spacial score (nSPS) is 12.6. The third-order valence-corrected chi connectivity index (χ3v) is 5.18. The highest BCUT2D eigenvalue weighted by Gasteiger charge is 2.19. The summed E-state index contributed by atoms with van der Waals surface area (Å²) in [5.41, 5.74) is 15.5. The number of benzene rings is 2. The van der Waals surface area contributed by atoms with E-state index in [0.29, 0.717) is 0 Å². The van der Waals surface area contributed by atoms with Gasteiger partial charge in [-0.2, -0.15) is 0 Å². The van der Waals surface area contributed by atoms with Crippen LogP contribution in [0, 0.1) is 13.8 Å². The first kappa shape index (κ1) is 18.2. The lowest BCUT2D eigenvalue weighted by Crippen LogP contribution is -2.13. The molecule has 1 aromatic heterocycles. The van der Waals surface area contributed by atoms with Crippen LogP contribution in [0.1, 0.15) is 34.4 Å². The van der Waals surface area contributed by atoms with Gasteiger partial charge in [0, 0.05) is 22.6 Å². The number of carbonyl (C=O) groups is 1. The number of nitrogens with two attached hydrogens (primary N) is 1. The second-order valence-electron chi connectivity index (χ2n) is 7.68. The number of amides is 1. The highest BCUT2D eigenvalue weighted by Crippen LogP contribution is 2.34. The molecule has 0 atom stereocenters. The first-order chi connectivity index (χ1) is 13.5. The molecule has 1 heterocycles. The van der Waals surface area contributed by atoms with Gasteiger partial charge < -0.3 is 11.1 Å². The van der Waals surface area contributed by atoms with Crippen LogP contribution in [-0.2, 0) is 24.1 Å². The van der Waals surface area contributed by atoms with Crippen LogP contribution in [0.3, 0.4) is 0 Å². The summed E-state index contributed by atoms with van der Waals surface area (Å²) >= 11 is 0. The smallest absolute Gasteiger partial charge is 0.221 e. The third-order valence-electron chi connectivity index (χ3n) is 5.18. The number of aryl methyl sites for hydroxylation is 3. The molecule has 0 radical (unpaired) electrons. The predicted octanol–water partition coefficient (Wildman–Crippen LogP) is 4.63. The zero-order valence-electron chi connectivity index (χ0n) is 16.4. The number of aromatic nitrogens is 1. The van der Waals surface area contributed by atoms with E-state index in [1.165, 1.54) is 22.4 Å². The molecule has 3 N–H and O–H groups in total. The SMILES string of the molecule is Cc1cc(C)cc(-c2cc(Nc3ccc(CC(N)=O)cc3)c3c(n2)CCC3)c1. The summed E-state index contributed by atoms with van der Waals surface area (Å²) < 4.78 is 0. The fraction of sp³-hybridized carbons (Fsp3) is 0.250. The Balaban J connectivity index is 1.68. The van der Waals surface area contributed by atoms with E-state index < -0.39 is 0 Å². The van der Waals surface area contributed by atoms with Crippen molar-refractivity contribution in [3.05, 3.63) is 76.5 Å². The van der Waals surface area contributed by atoms with Crippen molar-refractivity contribution in [3.8, 4) is 11.3 Å². The van der Waals surface area contributed by atoms with Crippen LogP contribution in [0.4, 0.5) is 11.4 Å². The number of fused-ring (bicyclic) bond motifs is 1. The van der Waals surface area contributed by atoms with E-state index in [0.717, 1.165) is 47.5 Å². The van der Waals surface area contributed by atoms with Crippen molar-refractivity contribution in [3.63, 3.8) is 0 Å². The Labute approximate surface area is 165 Å². The van der Waals surface area contributed by atoms with E-state index in [1.54, 1.807) is 0 Å². The van der Waals surface area contributed by atoms with Gasteiger partial charge in [0.25, 0.3) is 0 Å². The Bertz CT molecular complexity index is 1020. The number of carbonyl (C=O) groups excluding carboxylic acids is 1. The molecule has 0 saturated carbocycles. The summed E-state index contributed by atoms with van der Waals surface area (Å²) in [7, 11) is 0. The molecule has 1 amide bonds. The van der Waals surface area contributed by atoms with Crippen molar-refractivity contribution in [2.24, 2.45) is 5.73 Å². The van der Waals surface area contributed by atoms with E-state index in [-0.39, 0.29) is 12.3 Å². The Morgan fingerprint density at radius 3 is 2.43 bits per heavy atom. The fourth-order valence-corrected chi connectivity index (χ4v) is 3.99. The minimum absolute atomic E-state index is 0.266. The first-order valence-electron chi connectivity index (χ1n) is 9.73. The number of hydrogen-bond acceptors (Lipinski definition) is 3. The Morgan fingerprint density at radius 2 is 1.75 bits per heavy atom. The van der Waals surface area contributed by atoms with Gasteiger partial charge in [0.1, 0.15) is 0 Å². The fourth-order valence-electron chi connectivity index (χ4n) is 3.99. The maximum absolute atomic E-state index is 11.1. The Morgan fingerprint density at radius 1 is 1.04 bits per heavy atom. The molecule has 2 aromatic carbocycles. The summed E-state index contributed by atoms with van der Waals surface area (Å²) in [5, 5.41) is 3.57. The monoisotopic (exact) mass is 371 g/mol. The van der Waals surface area contributed by atoms with Crippen molar-refractivity contribution < 1.29 is 4.79 Å². The highest BCUT2D eigenvalue weighted by molar-refractivity contribution is 5.77. The van der Waals surface area contributed by atoms with Crippen LogP contribution in [0.5, 0.6) is 0 Å². The quantitative estimate of drug-likeness (QED) is 0.687. The first-order valence-corrected chi connectivity index (χ1v) is 9.73. The van der Waals surface area contributed by atoms with Gasteiger partial charge in [0.05, 0.1) is 12.1 Å². The number of pyridine rings is 1. The second-order valence-corrected chi connectivity index (χ2v) is 7.68. The molecule has 0 unspecified atom stereocenters. The van der Waals surface area contributed by atoms with Crippen molar-refractivity contribution in [1.29, 1.82) is 0 Å². The molecular formula is C24H25N3O. The standard InChI is InChI=1S/C24H25N3O/c1-15-10-16(2)12-18(11-15)22-14-23(20-4-3-5-21(20)27-22)26-19-8-6-17(7-9-19)13-24(25)28/h6-12,14H,3-5,13H2,1-2H3,(H2,25,28)(H,26,27). The van der Waals surface area contributed by atoms with E-state index in [9.17, 15) is 4.79 Å². The van der Waals surface area contributed by atoms with Gasteiger partial charge in [0.2, 0.25) is 5.91 Å². The Kier molecular flexibility index (Phi) is 4.86. The van der Waals surface area contributed by atoms with Gasteiger partial charge in [-0.05, 0) is 74.6 Å². The van der Waals surface area contributed by atoms with E-state index in [4.69, 9.17) is 10.7 Å². The molecule has 3 aromatic rings. The van der Waals surface area contributed by atoms with Crippen LogP contribution >= 0.6 is 0 Å². The molecule has 0 saturated heterocycles. The topological polar surface area (TPSA) is 68.0 Å². The third kappa shape index (κ3) is 3.91. The summed E-state index contributed by atoms with van der Waals surface area (Å²) in [6.07, 6.45) is 3.49. The lowest BCUT2D eigenvalue weighted by molar-refractivity contribution is -0.117. The molecule has 28 heavy (non-hydrogen) atoms. The van der Waals surface area contributed by atoms with Crippen molar-refractivity contribution in [2.45, 2.75) is 39.5 Å². The zero-order chi connectivity index (χ0) is 19.7. The summed E-state index contributed by atoms with van der Waals surface area (Å²) in [5.74, 6) is -0.314. The van der Waals surface area contributed by atoms with Crippen molar-refractivity contribution >= 4 is 17.3 Å². The van der Waals surface area contributed by atoms with E-state index in [1.807, 2.05) is 24.3 Å². The molecule has 1 aliphatic carbocycles. The number of anilines is 2. The molecule has 4 heteroatoms. The van der Waals surface area contributed by atoms with Crippen LogP contribution in [0.2, 0.25) is 0 Å². The van der Waals surface area contributed by atoms with Gasteiger partial charge in [0.15, 0.2) is 0 Å². The maximum Gasteiger partial charge on any atom is 0.221 e. The molecule has 0 bridgehead atoms. The molecular weight excluding hydrogens is 346 g/mol. The summed E-state index contributed by atoms with van der Waals surface area (Å²) in [4.78, 5) is 16.1. The summed E-state index contributed by atoms with van der Waals surface area (Å²) in [6, 6.07) is 16.6. The maximum atomic E-state index is 11.1. The predicted molar refractivity (Wildman–Crippen MR) is 114 cm³/mol. The lowest BCUT2D eigenvalue weighted by Gasteiger charge is -2.15. The van der Waals surface area contributed by atoms with Gasteiger partial charge in [-0.15, -0.1) is 0 Å². The number of hydrogen-bond donors (Lipinski definition) is 2. The molecule has 0 spiro atoms. The van der Waals surface area contributed by atoms with Gasteiger partial charge in [-0.25, -0.2) is 0 Å². The van der Waals surface area contributed by atoms with Crippen LogP contribution in [0.15, 0.2) is 48.5 Å². The van der Waals surface area contributed by atoms with Crippen LogP contribution < -0.4 is 11.1 Å². The van der Waals surface area contributed by atoms with Gasteiger partial charge in [-0.3, -0.25) is 9.78 Å². The largest absolute Gasteiger partial charge is 0.369 e. The minimum atomic E-state index is -0.314. The molecule has 0 fully saturated rings. The number of nitrogens with one attached hydrogen (secondary N) is 1. The van der Waals surface area contributed by atoms with Crippen LogP contribution in [0.25, 0.3) is 11.3 Å². The van der Waals surface area contributed by atoms with E-state index in [2.05, 4.69) is 43.4 Å².